The Morgan fingerprint density at radius 3 is 2.25 bits per heavy atom. The van der Waals surface area contributed by atoms with E-state index in [1.807, 2.05) is 56.0 Å². The molecule has 0 fully saturated rings. The maximum absolute atomic E-state index is 13.4. The summed E-state index contributed by atoms with van der Waals surface area (Å²) in [6.07, 6.45) is 0.589. The molecule has 0 saturated heterocycles. The minimum Gasteiger partial charge on any atom is -0.379 e. The summed E-state index contributed by atoms with van der Waals surface area (Å²) in [6.45, 7) is 6.91. The molecule has 1 aliphatic rings. The van der Waals surface area contributed by atoms with E-state index in [9.17, 15) is 19.7 Å². The highest BCUT2D eigenvalue weighted by molar-refractivity contribution is 6.36. The maximum Gasteiger partial charge on any atom is 0.278 e. The molecule has 32 heavy (non-hydrogen) atoms. The Morgan fingerprint density at radius 1 is 1.03 bits per heavy atom. The maximum atomic E-state index is 13.4. The topological polar surface area (TPSA) is 93.0 Å². The van der Waals surface area contributed by atoms with Crippen molar-refractivity contribution in [3.8, 4) is 0 Å². The molecule has 3 rings (SSSR count). The van der Waals surface area contributed by atoms with E-state index < -0.39 is 10.8 Å². The Hall–Kier alpha value is -3.52. The molecule has 8 heteroatoms. The second-order valence-corrected chi connectivity index (χ2v) is 7.64. The number of non-ortho nitro benzene ring substituents is 1. The number of hydrogen-bond acceptors (Lipinski definition) is 6. The number of benzene rings is 2. The average molecular weight is 437 g/mol. The third kappa shape index (κ3) is 4.86. The van der Waals surface area contributed by atoms with Crippen LogP contribution in [0.1, 0.15) is 32.8 Å². The van der Waals surface area contributed by atoms with Crippen LogP contribution in [0.15, 0.2) is 60.3 Å². The molecule has 0 aliphatic carbocycles. The normalized spacial score (nSPS) is 13.9. The number of rotatable bonds is 10. The Labute approximate surface area is 187 Å². The van der Waals surface area contributed by atoms with Crippen molar-refractivity contribution in [1.82, 2.24) is 4.90 Å². The van der Waals surface area contributed by atoms with Crippen LogP contribution >= 0.6 is 0 Å². The van der Waals surface area contributed by atoms with Gasteiger partial charge in [-0.05, 0) is 57.0 Å². The van der Waals surface area contributed by atoms with Gasteiger partial charge in [-0.25, -0.2) is 0 Å². The van der Waals surface area contributed by atoms with Crippen molar-refractivity contribution < 1.29 is 19.2 Å². The zero-order chi connectivity index (χ0) is 23.3. The molecule has 0 N–H and O–H groups in total. The van der Waals surface area contributed by atoms with Crippen LogP contribution in [0.5, 0.6) is 0 Å². The van der Waals surface area contributed by atoms with Crippen molar-refractivity contribution >= 4 is 28.8 Å². The first-order valence-corrected chi connectivity index (χ1v) is 10.6. The van der Waals surface area contributed by atoms with Crippen LogP contribution < -0.4 is 4.90 Å². The van der Waals surface area contributed by atoms with E-state index in [-0.39, 0.29) is 35.5 Å². The lowest BCUT2D eigenvalue weighted by Crippen LogP contribution is -2.36. The van der Waals surface area contributed by atoms with Gasteiger partial charge in [0.15, 0.2) is 0 Å². The molecule has 0 spiro atoms. The lowest BCUT2D eigenvalue weighted by atomic mass is 10.0. The van der Waals surface area contributed by atoms with Crippen LogP contribution in [0.25, 0.3) is 5.57 Å². The highest BCUT2D eigenvalue weighted by Gasteiger charge is 2.41. The first-order valence-electron chi connectivity index (χ1n) is 10.6. The van der Waals surface area contributed by atoms with Gasteiger partial charge in [-0.3, -0.25) is 24.6 Å². The third-order valence-electron chi connectivity index (χ3n) is 5.14. The van der Waals surface area contributed by atoms with Gasteiger partial charge in [-0.2, -0.15) is 0 Å². The highest BCUT2D eigenvalue weighted by Crippen LogP contribution is 2.34. The van der Waals surface area contributed by atoms with Crippen LogP contribution in [0, 0.1) is 10.1 Å². The Bertz CT molecular complexity index is 1020. The smallest absolute Gasteiger partial charge is 0.278 e. The number of nitrogens with zero attached hydrogens (tertiary/aromatic N) is 3. The average Bonchev–Trinajstić information content (AvgIpc) is 3.02. The number of carbonyl (C=O) groups excluding carboxylic acids is 2. The summed E-state index contributed by atoms with van der Waals surface area (Å²) in [6, 6.07) is 15.1. The molecule has 8 nitrogen and oxygen atoms in total. The molecule has 0 saturated carbocycles. The summed E-state index contributed by atoms with van der Waals surface area (Å²) in [4.78, 5) is 40.4. The van der Waals surface area contributed by atoms with E-state index in [0.717, 1.165) is 5.69 Å². The van der Waals surface area contributed by atoms with Crippen LogP contribution in [-0.2, 0) is 14.3 Å². The number of carbonyl (C=O) groups is 2. The van der Waals surface area contributed by atoms with Gasteiger partial charge in [0.2, 0.25) is 0 Å². The molecule has 168 valence electrons. The number of anilines is 1. The summed E-state index contributed by atoms with van der Waals surface area (Å²) in [5.74, 6) is -0.781. The molecule has 2 amide bonds. The number of amides is 2. The fourth-order valence-electron chi connectivity index (χ4n) is 3.65. The van der Waals surface area contributed by atoms with Crippen molar-refractivity contribution in [2.75, 3.05) is 24.6 Å². The van der Waals surface area contributed by atoms with Gasteiger partial charge in [-0.1, -0.05) is 18.2 Å². The van der Waals surface area contributed by atoms with Gasteiger partial charge in [-0.15, -0.1) is 0 Å². The van der Waals surface area contributed by atoms with Crippen molar-refractivity contribution in [2.24, 2.45) is 0 Å². The number of ether oxygens (including phenoxy) is 1. The molecule has 2 aromatic carbocycles. The Kier molecular flexibility index (Phi) is 7.37. The summed E-state index contributed by atoms with van der Waals surface area (Å²) in [5.41, 5.74) is 1.71. The fourth-order valence-corrected chi connectivity index (χ4v) is 3.65. The summed E-state index contributed by atoms with van der Waals surface area (Å²) in [7, 11) is 0. The molecular formula is C24H27N3O5. The number of para-hydroxylation sites is 1. The number of likely N-dealkylation sites (N-methyl/N-ethyl adjacent to an activating group) is 1. The van der Waals surface area contributed by atoms with Crippen molar-refractivity contribution in [3.05, 3.63) is 76.0 Å². The predicted octanol–water partition coefficient (Wildman–Crippen LogP) is 4.02. The second-order valence-electron chi connectivity index (χ2n) is 7.64. The van der Waals surface area contributed by atoms with Crippen molar-refractivity contribution in [3.63, 3.8) is 0 Å². The van der Waals surface area contributed by atoms with Gasteiger partial charge in [0, 0.05) is 37.5 Å². The molecule has 0 bridgehead atoms. The van der Waals surface area contributed by atoms with E-state index in [2.05, 4.69) is 0 Å². The monoisotopic (exact) mass is 437 g/mol. The number of imide groups is 1. The zero-order valence-corrected chi connectivity index (χ0v) is 18.5. The molecule has 0 aromatic heterocycles. The van der Waals surface area contributed by atoms with Crippen LogP contribution in [0.3, 0.4) is 0 Å². The van der Waals surface area contributed by atoms with Crippen molar-refractivity contribution in [2.45, 2.75) is 33.3 Å². The first kappa shape index (κ1) is 23.1. The van der Waals surface area contributed by atoms with Crippen molar-refractivity contribution in [1.29, 1.82) is 0 Å². The van der Waals surface area contributed by atoms with E-state index >= 15 is 0 Å². The highest BCUT2D eigenvalue weighted by atomic mass is 16.6. The van der Waals surface area contributed by atoms with Gasteiger partial charge in [0.05, 0.1) is 16.6 Å². The van der Waals surface area contributed by atoms with E-state index in [1.54, 1.807) is 0 Å². The van der Waals surface area contributed by atoms with E-state index in [1.165, 1.54) is 29.2 Å². The van der Waals surface area contributed by atoms with Gasteiger partial charge >= 0.3 is 0 Å². The van der Waals surface area contributed by atoms with E-state index in [0.29, 0.717) is 25.1 Å². The molecule has 2 aromatic rings. The number of hydrogen-bond donors (Lipinski definition) is 0. The number of nitro benzene ring substituents is 1. The zero-order valence-electron chi connectivity index (χ0n) is 18.5. The van der Waals surface area contributed by atoms with Crippen LogP contribution in [0.2, 0.25) is 0 Å². The Balaban J connectivity index is 2.01. The van der Waals surface area contributed by atoms with Crippen LogP contribution in [-0.4, -0.2) is 47.4 Å². The first-order chi connectivity index (χ1) is 15.3. The second kappa shape index (κ2) is 10.2. The minimum atomic E-state index is -0.496. The minimum absolute atomic E-state index is 0.0676. The third-order valence-corrected chi connectivity index (χ3v) is 5.14. The molecular weight excluding hydrogens is 410 g/mol. The molecule has 0 radical (unpaired) electrons. The van der Waals surface area contributed by atoms with Crippen LogP contribution in [0.4, 0.5) is 11.4 Å². The fraction of sp³-hybridized carbons (Fsp3) is 0.333. The SMILES string of the molecule is CCN(C1=C(c2ccc([N+](=O)[O-])cc2)C(=O)N(CCCOC(C)C)C1=O)c1ccccc1. The van der Waals surface area contributed by atoms with Gasteiger partial charge in [0.25, 0.3) is 17.5 Å². The summed E-state index contributed by atoms with van der Waals surface area (Å²) >= 11 is 0. The summed E-state index contributed by atoms with van der Waals surface area (Å²) < 4.78 is 5.55. The Morgan fingerprint density at radius 2 is 1.69 bits per heavy atom. The predicted molar refractivity (Wildman–Crippen MR) is 122 cm³/mol. The number of nitro groups is 1. The largest absolute Gasteiger partial charge is 0.379 e. The molecule has 1 heterocycles. The van der Waals surface area contributed by atoms with Gasteiger partial charge < -0.3 is 9.64 Å². The lowest BCUT2D eigenvalue weighted by Gasteiger charge is -2.25. The van der Waals surface area contributed by atoms with E-state index in [4.69, 9.17) is 4.74 Å². The molecule has 0 unspecified atom stereocenters. The lowest BCUT2D eigenvalue weighted by molar-refractivity contribution is -0.384. The molecule has 0 atom stereocenters. The standard InChI is InChI=1S/C24H27N3O5/c1-4-25(19-9-6-5-7-10-19)22-21(18-11-13-20(14-12-18)27(30)31)23(28)26(24(22)29)15-8-16-32-17(2)3/h5-7,9-14,17H,4,8,15-16H2,1-3H3. The van der Waals surface area contributed by atoms with Gasteiger partial charge in [0.1, 0.15) is 5.70 Å². The molecule has 1 aliphatic heterocycles. The summed E-state index contributed by atoms with van der Waals surface area (Å²) in [5, 5.41) is 11.0. The quantitative estimate of drug-likeness (QED) is 0.241.